The molecule has 0 atom stereocenters. The Hall–Kier alpha value is -1.99. The van der Waals surface area contributed by atoms with Gasteiger partial charge in [-0.25, -0.2) is 8.42 Å². The van der Waals surface area contributed by atoms with Crippen LogP contribution in [0.5, 0.6) is 0 Å². The molecule has 2 aromatic heterocycles. The van der Waals surface area contributed by atoms with Gasteiger partial charge in [-0.15, -0.1) is 11.3 Å². The predicted molar refractivity (Wildman–Crippen MR) is 108 cm³/mol. The summed E-state index contributed by atoms with van der Waals surface area (Å²) in [6, 6.07) is 7.74. The molecule has 0 saturated carbocycles. The van der Waals surface area contributed by atoms with Crippen molar-refractivity contribution in [3.05, 3.63) is 52.2 Å². The van der Waals surface area contributed by atoms with Crippen molar-refractivity contribution in [3.63, 3.8) is 0 Å². The van der Waals surface area contributed by atoms with Gasteiger partial charge in [0.2, 0.25) is 11.7 Å². The molecule has 1 fully saturated rings. The van der Waals surface area contributed by atoms with E-state index < -0.39 is 21.8 Å². The van der Waals surface area contributed by atoms with Gasteiger partial charge in [0, 0.05) is 31.7 Å². The first-order valence-corrected chi connectivity index (χ1v) is 11.7. The standard InChI is InChI=1S/C18H16ClF3N4O3S2/c19-14-4-5-16(30-14)31(27,28)26-8-6-25(7-9-26)11-15-23-17(24-29-15)12-2-1-3-13(10-12)18(20,21)22/h1-5,10H,6-9,11H2. The Labute approximate surface area is 185 Å². The number of rotatable bonds is 5. The van der Waals surface area contributed by atoms with Crippen molar-refractivity contribution in [1.82, 2.24) is 19.3 Å². The molecule has 7 nitrogen and oxygen atoms in total. The van der Waals surface area contributed by atoms with Crippen LogP contribution in [0.25, 0.3) is 11.4 Å². The maximum absolute atomic E-state index is 12.9. The molecule has 0 unspecified atom stereocenters. The molecule has 3 heterocycles. The Kier molecular flexibility index (Phi) is 6.10. The number of piperazine rings is 1. The van der Waals surface area contributed by atoms with Gasteiger partial charge in [-0.1, -0.05) is 28.9 Å². The Morgan fingerprint density at radius 2 is 1.87 bits per heavy atom. The molecule has 1 aromatic carbocycles. The first-order valence-electron chi connectivity index (χ1n) is 9.11. The van der Waals surface area contributed by atoms with Gasteiger partial charge in [0.25, 0.3) is 10.0 Å². The molecule has 166 valence electrons. The molecular weight excluding hydrogens is 477 g/mol. The molecule has 0 bridgehead atoms. The van der Waals surface area contributed by atoms with Crippen LogP contribution >= 0.6 is 22.9 Å². The van der Waals surface area contributed by atoms with Crippen LogP contribution in [-0.2, 0) is 22.7 Å². The normalized spacial score (nSPS) is 16.6. The van der Waals surface area contributed by atoms with Crippen LogP contribution in [0.15, 0.2) is 45.1 Å². The fourth-order valence-electron chi connectivity index (χ4n) is 3.15. The third-order valence-electron chi connectivity index (χ3n) is 4.75. The molecular formula is C18H16ClF3N4O3S2. The number of halogens is 4. The van der Waals surface area contributed by atoms with Gasteiger partial charge in [-0.2, -0.15) is 22.5 Å². The molecule has 31 heavy (non-hydrogen) atoms. The Balaban J connectivity index is 1.39. The summed E-state index contributed by atoms with van der Waals surface area (Å²) in [6.07, 6.45) is -4.46. The molecule has 0 spiro atoms. The minimum atomic E-state index is -4.46. The van der Waals surface area contributed by atoms with E-state index in [1.165, 1.54) is 22.5 Å². The second kappa shape index (κ2) is 8.51. The fourth-order valence-corrected chi connectivity index (χ4v) is 6.21. The number of alkyl halides is 3. The van der Waals surface area contributed by atoms with Crippen molar-refractivity contribution in [1.29, 1.82) is 0 Å². The summed E-state index contributed by atoms with van der Waals surface area (Å²) >= 11 is 6.86. The third kappa shape index (κ3) is 4.93. The lowest BCUT2D eigenvalue weighted by Gasteiger charge is -2.32. The second-order valence-electron chi connectivity index (χ2n) is 6.83. The SMILES string of the molecule is O=S(=O)(c1ccc(Cl)s1)N1CCN(Cc2nc(-c3cccc(C(F)(F)F)c3)no2)CC1. The Morgan fingerprint density at radius 1 is 1.13 bits per heavy atom. The quantitative estimate of drug-likeness (QED) is 0.536. The summed E-state index contributed by atoms with van der Waals surface area (Å²) in [5.41, 5.74) is -0.587. The monoisotopic (exact) mass is 492 g/mol. The van der Waals surface area contributed by atoms with Crippen molar-refractivity contribution in [2.24, 2.45) is 0 Å². The zero-order valence-electron chi connectivity index (χ0n) is 15.8. The average Bonchev–Trinajstić information content (AvgIpc) is 3.37. The highest BCUT2D eigenvalue weighted by Crippen LogP contribution is 2.32. The van der Waals surface area contributed by atoms with Crippen molar-refractivity contribution in [3.8, 4) is 11.4 Å². The predicted octanol–water partition coefficient (Wildman–Crippen LogP) is 3.98. The molecule has 1 aliphatic heterocycles. The molecule has 1 saturated heterocycles. The maximum Gasteiger partial charge on any atom is 0.416 e. The largest absolute Gasteiger partial charge is 0.416 e. The minimum Gasteiger partial charge on any atom is -0.338 e. The second-order valence-corrected chi connectivity index (χ2v) is 10.7. The van der Waals surface area contributed by atoms with E-state index in [0.717, 1.165) is 23.5 Å². The number of hydrogen-bond acceptors (Lipinski definition) is 7. The summed E-state index contributed by atoms with van der Waals surface area (Å²) in [5, 5.41) is 3.77. The van der Waals surface area contributed by atoms with Gasteiger partial charge < -0.3 is 4.52 Å². The van der Waals surface area contributed by atoms with E-state index in [-0.39, 0.29) is 41.1 Å². The van der Waals surface area contributed by atoms with Gasteiger partial charge in [0.15, 0.2) is 0 Å². The number of sulfonamides is 1. The smallest absolute Gasteiger partial charge is 0.338 e. The van der Waals surface area contributed by atoms with Gasteiger partial charge in [-0.3, -0.25) is 4.90 Å². The van der Waals surface area contributed by atoms with Crippen molar-refractivity contribution in [2.75, 3.05) is 26.2 Å². The number of nitrogens with zero attached hydrogens (tertiary/aromatic N) is 4. The number of hydrogen-bond donors (Lipinski definition) is 0. The topological polar surface area (TPSA) is 79.5 Å². The van der Waals surface area contributed by atoms with Crippen LogP contribution in [-0.4, -0.2) is 53.9 Å². The molecule has 3 aromatic rings. The van der Waals surface area contributed by atoms with E-state index in [4.69, 9.17) is 16.1 Å². The van der Waals surface area contributed by atoms with Crippen LogP contribution in [0, 0.1) is 0 Å². The highest BCUT2D eigenvalue weighted by molar-refractivity contribution is 7.91. The van der Waals surface area contributed by atoms with E-state index in [2.05, 4.69) is 10.1 Å². The first-order chi connectivity index (χ1) is 14.6. The van der Waals surface area contributed by atoms with Crippen molar-refractivity contribution in [2.45, 2.75) is 16.9 Å². The lowest BCUT2D eigenvalue weighted by atomic mass is 10.1. The van der Waals surface area contributed by atoms with Gasteiger partial charge >= 0.3 is 6.18 Å². The number of benzene rings is 1. The summed E-state index contributed by atoms with van der Waals surface area (Å²) in [6.45, 7) is 1.73. The van der Waals surface area contributed by atoms with Gasteiger partial charge in [0.1, 0.15) is 4.21 Å². The summed E-state index contributed by atoms with van der Waals surface area (Å²) in [4.78, 5) is 6.13. The van der Waals surface area contributed by atoms with Crippen molar-refractivity contribution < 1.29 is 26.1 Å². The van der Waals surface area contributed by atoms with E-state index in [0.29, 0.717) is 17.4 Å². The van der Waals surface area contributed by atoms with Crippen LogP contribution in [0.4, 0.5) is 13.2 Å². The number of aromatic nitrogens is 2. The van der Waals surface area contributed by atoms with Gasteiger partial charge in [-0.05, 0) is 24.3 Å². The summed E-state index contributed by atoms with van der Waals surface area (Å²) in [5.74, 6) is 0.311. The maximum atomic E-state index is 12.9. The Bertz CT molecular complexity index is 1170. The highest BCUT2D eigenvalue weighted by atomic mass is 35.5. The van der Waals surface area contributed by atoms with Crippen LogP contribution in [0.3, 0.4) is 0 Å². The zero-order chi connectivity index (χ0) is 22.2. The molecule has 0 amide bonds. The van der Waals surface area contributed by atoms with Gasteiger partial charge in [0.05, 0.1) is 16.4 Å². The minimum absolute atomic E-state index is 0.0666. The third-order valence-corrected chi connectivity index (χ3v) is 8.35. The highest BCUT2D eigenvalue weighted by Gasteiger charge is 2.32. The molecule has 0 N–H and O–H groups in total. The number of thiophene rings is 1. The van der Waals surface area contributed by atoms with E-state index in [1.807, 2.05) is 4.90 Å². The fraction of sp³-hybridized carbons (Fsp3) is 0.333. The van der Waals surface area contributed by atoms with Crippen LogP contribution in [0.2, 0.25) is 4.34 Å². The Morgan fingerprint density at radius 3 is 2.52 bits per heavy atom. The molecule has 0 radical (unpaired) electrons. The van der Waals surface area contributed by atoms with E-state index in [1.54, 1.807) is 6.07 Å². The summed E-state index contributed by atoms with van der Waals surface area (Å²) in [7, 11) is -3.59. The molecule has 13 heteroatoms. The molecule has 4 rings (SSSR count). The average molecular weight is 493 g/mol. The lowest BCUT2D eigenvalue weighted by Crippen LogP contribution is -2.48. The lowest BCUT2D eigenvalue weighted by molar-refractivity contribution is -0.137. The molecule has 1 aliphatic rings. The first kappa shape index (κ1) is 22.2. The molecule has 0 aliphatic carbocycles. The van der Waals surface area contributed by atoms with E-state index >= 15 is 0 Å². The van der Waals surface area contributed by atoms with Crippen LogP contribution in [0.1, 0.15) is 11.5 Å². The van der Waals surface area contributed by atoms with Crippen molar-refractivity contribution >= 4 is 33.0 Å². The summed E-state index contributed by atoms with van der Waals surface area (Å²) < 4.78 is 71.2. The van der Waals surface area contributed by atoms with E-state index in [9.17, 15) is 21.6 Å². The zero-order valence-corrected chi connectivity index (χ0v) is 18.2. The van der Waals surface area contributed by atoms with Crippen LogP contribution < -0.4 is 0 Å².